The molecule has 0 bridgehead atoms. The topological polar surface area (TPSA) is 0 Å². The van der Waals surface area contributed by atoms with E-state index in [-0.39, 0.29) is 0 Å². The molecule has 0 aliphatic heterocycles. The zero-order valence-electron chi connectivity index (χ0n) is 13.7. The summed E-state index contributed by atoms with van der Waals surface area (Å²) >= 11 is 0. The lowest BCUT2D eigenvalue weighted by molar-refractivity contribution is 1.21. The summed E-state index contributed by atoms with van der Waals surface area (Å²) in [5, 5.41) is 0. The van der Waals surface area contributed by atoms with E-state index in [0.717, 1.165) is 12.8 Å². The molecule has 0 aromatic carbocycles. The Bertz CT molecular complexity index is 66.0. The first kappa shape index (κ1) is 29.6. The lowest BCUT2D eigenvalue weighted by Crippen LogP contribution is -1.52. The van der Waals surface area contributed by atoms with Gasteiger partial charge in [-0.1, -0.05) is 93.5 Å². The van der Waals surface area contributed by atoms with E-state index in [0.29, 0.717) is 0 Å². The zero-order chi connectivity index (χ0) is 14.2. The monoisotopic (exact) mass is 230 g/mol. The smallest absolute Gasteiger partial charge is 0.0376 e. The molecule has 0 aromatic rings. The van der Waals surface area contributed by atoms with E-state index >= 15 is 0 Å². The van der Waals surface area contributed by atoms with Crippen LogP contribution in [0.25, 0.3) is 0 Å². The van der Waals surface area contributed by atoms with Crippen molar-refractivity contribution in [3.63, 3.8) is 0 Å². The molecular weight excluding hydrogens is 192 g/mol. The maximum atomic E-state index is 2.14. The Balaban J connectivity index is -0.0000000426. The first-order chi connectivity index (χ1) is 7.91. The molecule has 0 nitrogen and oxygen atoms in total. The van der Waals surface area contributed by atoms with E-state index in [1.807, 2.05) is 55.4 Å². The first-order valence-corrected chi connectivity index (χ1v) is 7.23. The van der Waals surface area contributed by atoms with Crippen molar-refractivity contribution in [3.05, 3.63) is 24.3 Å². The van der Waals surface area contributed by atoms with Crippen LogP contribution in [0.15, 0.2) is 24.3 Å². The van der Waals surface area contributed by atoms with Crippen LogP contribution in [0.4, 0.5) is 0 Å². The summed E-state index contributed by atoms with van der Waals surface area (Å²) in [5.74, 6) is 0. The molecule has 0 aromatic heterocycles. The van der Waals surface area contributed by atoms with Gasteiger partial charge in [0.2, 0.25) is 0 Å². The molecule has 0 N–H and O–H groups in total. The lowest BCUT2D eigenvalue weighted by atomic mass is 10.3. The highest BCUT2D eigenvalue weighted by Gasteiger charge is 1.61. The Kier molecular flexibility index (Phi) is 162. The van der Waals surface area contributed by atoms with Gasteiger partial charge in [0.1, 0.15) is 0 Å². The second-order valence-corrected chi connectivity index (χ2v) is 1.67. The van der Waals surface area contributed by atoms with Gasteiger partial charge in [-0.2, -0.15) is 0 Å². The van der Waals surface area contributed by atoms with Crippen LogP contribution < -0.4 is 0 Å². The third-order valence-corrected chi connectivity index (χ3v) is 0.855. The van der Waals surface area contributed by atoms with Gasteiger partial charge in [0.15, 0.2) is 0 Å². The van der Waals surface area contributed by atoms with E-state index in [9.17, 15) is 0 Å². The summed E-state index contributed by atoms with van der Waals surface area (Å²) < 4.78 is 0. The minimum atomic E-state index is 1.13. The van der Waals surface area contributed by atoms with Crippen LogP contribution >= 0.6 is 0 Å². The Labute approximate surface area is 107 Å². The quantitative estimate of drug-likeness (QED) is 0.457. The van der Waals surface area contributed by atoms with Gasteiger partial charge in [0.05, 0.1) is 0 Å². The van der Waals surface area contributed by atoms with Gasteiger partial charge in [0, 0.05) is 0 Å². The molecule has 0 spiro atoms. The molecule has 0 aliphatic rings. The van der Waals surface area contributed by atoms with Crippen molar-refractivity contribution in [3.8, 4) is 0 Å². The van der Waals surface area contributed by atoms with Crippen LogP contribution in [-0.2, 0) is 0 Å². The fourth-order valence-corrected chi connectivity index (χ4v) is 0.429. The van der Waals surface area contributed by atoms with Crippen molar-refractivity contribution in [1.82, 2.24) is 0 Å². The van der Waals surface area contributed by atoms with Gasteiger partial charge in [-0.05, 0) is 12.8 Å². The summed E-state index contributed by atoms with van der Waals surface area (Å²) in [4.78, 5) is 0. The van der Waals surface area contributed by atoms with Crippen LogP contribution in [0.5, 0.6) is 0 Å². The Morgan fingerprint density at radius 2 is 0.688 bits per heavy atom. The lowest BCUT2D eigenvalue weighted by Gasteiger charge is -1.74. The van der Waals surface area contributed by atoms with Crippen LogP contribution in [0, 0.1) is 0 Å². The highest BCUT2D eigenvalue weighted by atomic mass is 13.7. The summed E-state index contributed by atoms with van der Waals surface area (Å²) in [6.07, 6.45) is 10.7. The SMILES string of the molecule is CC.CC.CC.CC.CC/C=C\C=C/CC. The standard InChI is InChI=1S/C8H14.4C2H6/c1-3-5-7-8-6-4-2;4*1-2/h5-8H,3-4H2,1-2H3;4*1-2H3/b7-5-,8-6-;;;;. The molecule has 0 saturated carbocycles. The Hall–Kier alpha value is -0.520. The van der Waals surface area contributed by atoms with Crippen LogP contribution in [0.2, 0.25) is 0 Å². The maximum Gasteiger partial charge on any atom is -0.0376 e. The van der Waals surface area contributed by atoms with Crippen LogP contribution in [-0.4, -0.2) is 0 Å². The molecule has 102 valence electrons. The summed E-state index contributed by atoms with van der Waals surface area (Å²) in [7, 11) is 0. The van der Waals surface area contributed by atoms with Crippen molar-refractivity contribution < 1.29 is 0 Å². The van der Waals surface area contributed by atoms with E-state index in [2.05, 4.69) is 38.2 Å². The van der Waals surface area contributed by atoms with Gasteiger partial charge in [0.25, 0.3) is 0 Å². The number of hydrogen-bond acceptors (Lipinski definition) is 0. The normalized spacial score (nSPS) is 7.38. The van der Waals surface area contributed by atoms with Gasteiger partial charge in [-0.15, -0.1) is 0 Å². The van der Waals surface area contributed by atoms with E-state index in [4.69, 9.17) is 0 Å². The molecule has 0 saturated heterocycles. The molecule has 0 radical (unpaired) electrons. The number of rotatable bonds is 3. The summed E-state index contributed by atoms with van der Waals surface area (Å²) in [5.41, 5.74) is 0. The summed E-state index contributed by atoms with van der Waals surface area (Å²) in [6, 6.07) is 0. The van der Waals surface area contributed by atoms with Gasteiger partial charge in [-0.25, -0.2) is 0 Å². The third-order valence-electron chi connectivity index (χ3n) is 0.855. The molecule has 0 aliphatic carbocycles. The largest absolute Gasteiger partial charge is 0.0848 e. The molecule has 16 heavy (non-hydrogen) atoms. The van der Waals surface area contributed by atoms with E-state index in [1.54, 1.807) is 0 Å². The average Bonchev–Trinajstić information content (AvgIpc) is 2.44. The highest BCUT2D eigenvalue weighted by molar-refractivity contribution is 5.01. The molecule has 0 fully saturated rings. The van der Waals surface area contributed by atoms with Crippen molar-refractivity contribution in [1.29, 1.82) is 0 Å². The van der Waals surface area contributed by atoms with Crippen LogP contribution in [0.3, 0.4) is 0 Å². The Morgan fingerprint density at radius 3 is 0.812 bits per heavy atom. The van der Waals surface area contributed by atoms with Crippen molar-refractivity contribution in [2.45, 2.75) is 82.1 Å². The zero-order valence-corrected chi connectivity index (χ0v) is 13.7. The van der Waals surface area contributed by atoms with Crippen molar-refractivity contribution in [2.75, 3.05) is 0 Å². The van der Waals surface area contributed by atoms with Crippen LogP contribution in [0.1, 0.15) is 82.1 Å². The molecule has 0 heteroatoms. The highest BCUT2D eigenvalue weighted by Crippen LogP contribution is 1.83. The molecule has 0 atom stereocenters. The number of hydrogen-bond donors (Lipinski definition) is 0. The third kappa shape index (κ3) is 105. The molecule has 0 unspecified atom stereocenters. The minimum Gasteiger partial charge on any atom is -0.0848 e. The fourth-order valence-electron chi connectivity index (χ4n) is 0.429. The Morgan fingerprint density at radius 1 is 0.500 bits per heavy atom. The van der Waals surface area contributed by atoms with Gasteiger partial charge < -0.3 is 0 Å². The van der Waals surface area contributed by atoms with Gasteiger partial charge >= 0.3 is 0 Å². The number of allylic oxidation sites excluding steroid dienone is 4. The molecule has 0 rings (SSSR count). The minimum absolute atomic E-state index is 1.13. The van der Waals surface area contributed by atoms with Gasteiger partial charge in [-0.3, -0.25) is 0 Å². The second-order valence-electron chi connectivity index (χ2n) is 1.67. The van der Waals surface area contributed by atoms with Crippen molar-refractivity contribution in [2.24, 2.45) is 0 Å². The predicted octanol–water partition coefficient (Wildman–Crippen LogP) is 7.02. The maximum absolute atomic E-state index is 2.14. The van der Waals surface area contributed by atoms with E-state index < -0.39 is 0 Å². The predicted molar refractivity (Wildman–Crippen MR) is 84.3 cm³/mol. The van der Waals surface area contributed by atoms with Crippen molar-refractivity contribution >= 4 is 0 Å². The first-order valence-electron chi connectivity index (χ1n) is 7.23. The average molecular weight is 230 g/mol. The summed E-state index contributed by atoms with van der Waals surface area (Å²) in [6.45, 7) is 20.3. The molecular formula is C16H38. The molecule has 0 amide bonds. The molecule has 0 heterocycles. The fraction of sp³-hybridized carbons (Fsp3) is 0.750. The second kappa shape index (κ2) is 87.6. The van der Waals surface area contributed by atoms with E-state index in [1.165, 1.54) is 0 Å².